The SMILES string of the molecule is CC(C)[C@H](NS(=O)(=O)c1ccccc1)C(=O)OCC(=O)NC(=O)NCc1cccs1. The van der Waals surface area contributed by atoms with Crippen molar-refractivity contribution in [2.24, 2.45) is 5.92 Å². The first kappa shape index (κ1) is 23.5. The van der Waals surface area contributed by atoms with Crippen LogP contribution in [0, 0.1) is 5.92 Å². The Morgan fingerprint density at radius 1 is 1.07 bits per heavy atom. The maximum absolute atomic E-state index is 12.5. The van der Waals surface area contributed by atoms with Crippen LogP contribution in [0.2, 0.25) is 0 Å². The third-order valence-corrected chi connectivity index (χ3v) is 6.19. The second-order valence-electron chi connectivity index (χ2n) is 6.57. The van der Waals surface area contributed by atoms with E-state index in [0.29, 0.717) is 0 Å². The van der Waals surface area contributed by atoms with Crippen molar-refractivity contribution >= 4 is 39.3 Å². The molecule has 0 saturated carbocycles. The van der Waals surface area contributed by atoms with E-state index in [0.717, 1.165) is 4.88 Å². The van der Waals surface area contributed by atoms with Crippen LogP contribution >= 0.6 is 11.3 Å². The summed E-state index contributed by atoms with van der Waals surface area (Å²) in [7, 11) is -3.95. The van der Waals surface area contributed by atoms with Gasteiger partial charge in [-0.2, -0.15) is 4.72 Å². The summed E-state index contributed by atoms with van der Waals surface area (Å²) in [5.41, 5.74) is 0. The molecule has 3 amide bonds. The molecule has 1 aromatic carbocycles. The summed E-state index contributed by atoms with van der Waals surface area (Å²) in [6.07, 6.45) is 0. The number of hydrogen-bond donors (Lipinski definition) is 3. The molecular weight excluding hydrogens is 430 g/mol. The first-order valence-electron chi connectivity index (χ1n) is 9.03. The number of benzene rings is 1. The van der Waals surface area contributed by atoms with Crippen molar-refractivity contribution in [1.82, 2.24) is 15.4 Å². The van der Waals surface area contributed by atoms with Crippen LogP contribution in [0.4, 0.5) is 4.79 Å². The lowest BCUT2D eigenvalue weighted by Gasteiger charge is -2.20. The average Bonchev–Trinajstić information content (AvgIpc) is 3.23. The minimum Gasteiger partial charge on any atom is -0.454 e. The van der Waals surface area contributed by atoms with Gasteiger partial charge in [0.05, 0.1) is 11.4 Å². The molecule has 1 atom stereocenters. The number of hydrogen-bond acceptors (Lipinski definition) is 7. The van der Waals surface area contributed by atoms with Gasteiger partial charge in [-0.3, -0.25) is 14.9 Å². The van der Waals surface area contributed by atoms with Crippen LogP contribution in [0.1, 0.15) is 18.7 Å². The third-order valence-electron chi connectivity index (χ3n) is 3.86. The number of thiophene rings is 1. The van der Waals surface area contributed by atoms with E-state index in [-0.39, 0.29) is 11.4 Å². The second-order valence-corrected chi connectivity index (χ2v) is 9.32. The highest BCUT2D eigenvalue weighted by atomic mass is 32.2. The van der Waals surface area contributed by atoms with Crippen LogP contribution in [0.25, 0.3) is 0 Å². The molecule has 162 valence electrons. The van der Waals surface area contributed by atoms with Gasteiger partial charge in [-0.05, 0) is 29.5 Å². The second kappa shape index (κ2) is 10.9. The van der Waals surface area contributed by atoms with Crippen LogP contribution in [0.3, 0.4) is 0 Å². The maximum Gasteiger partial charge on any atom is 0.324 e. The first-order chi connectivity index (χ1) is 14.2. The fraction of sp³-hybridized carbons (Fsp3) is 0.316. The highest BCUT2D eigenvalue weighted by molar-refractivity contribution is 7.89. The van der Waals surface area contributed by atoms with Gasteiger partial charge in [0.2, 0.25) is 10.0 Å². The normalized spacial score (nSPS) is 12.2. The summed E-state index contributed by atoms with van der Waals surface area (Å²) in [4.78, 5) is 36.8. The van der Waals surface area contributed by atoms with Crippen molar-refractivity contribution in [3.8, 4) is 0 Å². The monoisotopic (exact) mass is 453 g/mol. The zero-order chi connectivity index (χ0) is 22.1. The van der Waals surface area contributed by atoms with Gasteiger partial charge in [-0.1, -0.05) is 38.1 Å². The Hall–Kier alpha value is -2.76. The molecule has 0 saturated heterocycles. The summed E-state index contributed by atoms with van der Waals surface area (Å²) < 4.78 is 32.1. The molecule has 9 nitrogen and oxygen atoms in total. The fourth-order valence-corrected chi connectivity index (χ4v) is 4.30. The molecule has 0 aliphatic heterocycles. The van der Waals surface area contributed by atoms with E-state index in [2.05, 4.69) is 10.0 Å². The van der Waals surface area contributed by atoms with Gasteiger partial charge >= 0.3 is 12.0 Å². The Bertz CT molecular complexity index is 959. The highest BCUT2D eigenvalue weighted by Crippen LogP contribution is 2.12. The molecule has 11 heteroatoms. The predicted molar refractivity (Wildman–Crippen MR) is 111 cm³/mol. The molecular formula is C19H23N3O6S2. The molecule has 0 bridgehead atoms. The van der Waals surface area contributed by atoms with Crippen LogP contribution in [0.5, 0.6) is 0 Å². The summed E-state index contributed by atoms with van der Waals surface area (Å²) in [6, 6.07) is 9.32. The van der Waals surface area contributed by atoms with Crippen LogP contribution in [-0.4, -0.2) is 39.0 Å². The Kier molecular flexibility index (Phi) is 8.51. The van der Waals surface area contributed by atoms with Gasteiger partial charge in [0, 0.05) is 4.88 Å². The molecule has 2 rings (SSSR count). The summed E-state index contributed by atoms with van der Waals surface area (Å²) in [5, 5.41) is 6.40. The summed E-state index contributed by atoms with van der Waals surface area (Å²) in [5.74, 6) is -2.19. The largest absolute Gasteiger partial charge is 0.454 e. The molecule has 0 unspecified atom stereocenters. The van der Waals surface area contributed by atoms with Crippen LogP contribution in [-0.2, 0) is 30.9 Å². The minimum absolute atomic E-state index is 0.00334. The predicted octanol–water partition coefficient (Wildman–Crippen LogP) is 1.62. The number of carbonyl (C=O) groups excluding carboxylic acids is 3. The van der Waals surface area contributed by atoms with Gasteiger partial charge in [0.15, 0.2) is 6.61 Å². The summed E-state index contributed by atoms with van der Waals surface area (Å²) in [6.45, 7) is 2.81. The standard InChI is InChI=1S/C19H23N3O6S2/c1-13(2)17(22-30(26,27)15-8-4-3-5-9-15)18(24)28-12-16(23)21-19(25)20-11-14-7-6-10-29-14/h3-10,13,17,22H,11-12H2,1-2H3,(H2,20,21,23,25)/t17-/m0/s1. The lowest BCUT2D eigenvalue weighted by atomic mass is 10.1. The highest BCUT2D eigenvalue weighted by Gasteiger charge is 2.30. The van der Waals surface area contributed by atoms with Gasteiger partial charge in [-0.15, -0.1) is 11.3 Å². The number of nitrogens with one attached hydrogen (secondary N) is 3. The van der Waals surface area contributed by atoms with Gasteiger partial charge < -0.3 is 10.1 Å². The van der Waals surface area contributed by atoms with Crippen molar-refractivity contribution in [2.45, 2.75) is 31.3 Å². The molecule has 0 aliphatic carbocycles. The Balaban J connectivity index is 1.85. The number of sulfonamides is 1. The molecule has 2 aromatic rings. The number of amides is 3. The zero-order valence-electron chi connectivity index (χ0n) is 16.5. The Morgan fingerprint density at radius 2 is 1.77 bits per heavy atom. The molecule has 3 N–H and O–H groups in total. The van der Waals surface area contributed by atoms with Crippen molar-refractivity contribution in [3.05, 3.63) is 52.7 Å². The quantitative estimate of drug-likeness (QED) is 0.495. The van der Waals surface area contributed by atoms with E-state index in [1.54, 1.807) is 32.0 Å². The lowest BCUT2D eigenvalue weighted by Crippen LogP contribution is -2.46. The number of urea groups is 1. The summed E-state index contributed by atoms with van der Waals surface area (Å²) >= 11 is 1.45. The van der Waals surface area contributed by atoms with Crippen LogP contribution < -0.4 is 15.4 Å². The maximum atomic E-state index is 12.5. The Morgan fingerprint density at radius 3 is 2.37 bits per heavy atom. The molecule has 0 aliphatic rings. The molecule has 0 radical (unpaired) electrons. The molecule has 1 aromatic heterocycles. The molecule has 0 fully saturated rings. The number of imide groups is 1. The Labute approximate surface area is 178 Å². The molecule has 30 heavy (non-hydrogen) atoms. The fourth-order valence-electron chi connectivity index (χ4n) is 2.31. The van der Waals surface area contributed by atoms with E-state index >= 15 is 0 Å². The molecule has 1 heterocycles. The van der Waals surface area contributed by atoms with E-state index in [1.165, 1.54) is 23.5 Å². The van der Waals surface area contributed by atoms with Crippen molar-refractivity contribution < 1.29 is 27.5 Å². The number of ether oxygens (including phenoxy) is 1. The van der Waals surface area contributed by atoms with Gasteiger partial charge in [0.1, 0.15) is 6.04 Å². The van der Waals surface area contributed by atoms with Gasteiger partial charge in [-0.25, -0.2) is 13.2 Å². The van der Waals surface area contributed by atoms with Gasteiger partial charge in [0.25, 0.3) is 5.91 Å². The minimum atomic E-state index is -3.95. The third kappa shape index (κ3) is 7.25. The first-order valence-corrected chi connectivity index (χ1v) is 11.4. The lowest BCUT2D eigenvalue weighted by molar-refractivity contribution is -0.150. The topological polar surface area (TPSA) is 131 Å². The van der Waals surface area contributed by atoms with Crippen molar-refractivity contribution in [1.29, 1.82) is 0 Å². The average molecular weight is 454 g/mol. The van der Waals surface area contributed by atoms with E-state index < -0.39 is 46.5 Å². The zero-order valence-corrected chi connectivity index (χ0v) is 18.1. The van der Waals surface area contributed by atoms with Crippen LogP contribution in [0.15, 0.2) is 52.7 Å². The van der Waals surface area contributed by atoms with Crippen molar-refractivity contribution in [2.75, 3.05) is 6.61 Å². The number of rotatable bonds is 9. The van der Waals surface area contributed by atoms with E-state index in [4.69, 9.17) is 4.74 Å². The molecule has 0 spiro atoms. The van der Waals surface area contributed by atoms with Crippen molar-refractivity contribution in [3.63, 3.8) is 0 Å². The van der Waals surface area contributed by atoms with E-state index in [1.807, 2.05) is 22.8 Å². The van der Waals surface area contributed by atoms with E-state index in [9.17, 15) is 22.8 Å². The smallest absolute Gasteiger partial charge is 0.324 e. The number of esters is 1. The number of carbonyl (C=O) groups is 3.